The van der Waals surface area contributed by atoms with Crippen LogP contribution in [-0.2, 0) is 9.60 Å². The number of hydrogen-bond donors (Lipinski definition) is 0. The molecule has 0 atom stereocenters. The van der Waals surface area contributed by atoms with Crippen LogP contribution in [0.1, 0.15) is 25.3 Å². The number of pyridine rings is 1. The second-order valence-corrected chi connectivity index (χ2v) is 4.30. The Morgan fingerprint density at radius 2 is 2.41 bits per heavy atom. The van der Waals surface area contributed by atoms with Gasteiger partial charge < -0.3 is 4.18 Å². The number of rotatable bonds is 5. The van der Waals surface area contributed by atoms with Gasteiger partial charge in [-0.25, -0.2) is 4.98 Å². The highest BCUT2D eigenvalue weighted by Crippen LogP contribution is 2.48. The van der Waals surface area contributed by atoms with E-state index in [-0.39, 0.29) is 5.75 Å². The summed E-state index contributed by atoms with van der Waals surface area (Å²) in [5.41, 5.74) is 0.211. The quantitative estimate of drug-likeness (QED) is 0.459. The highest BCUT2D eigenvalue weighted by Gasteiger charge is 2.45. The molecule has 0 saturated heterocycles. The molecule has 1 aromatic rings. The number of aromatic nitrogens is 1. The topological polar surface area (TPSA) is 55.1 Å². The standard InChI is InChI=1S/C11H11FN2O2S/c1-2-15-17-16-9-5-8(6-14-10(9)12)11(7-13)3-4-11/h5-6H,2-4H2,1H3. The summed E-state index contributed by atoms with van der Waals surface area (Å²) in [6.07, 6.45) is 2.97. The van der Waals surface area contributed by atoms with Gasteiger partial charge >= 0.3 is 0 Å². The molecule has 4 nitrogen and oxygen atoms in total. The van der Waals surface area contributed by atoms with Crippen molar-refractivity contribution >= 4 is 12.3 Å². The molecule has 17 heavy (non-hydrogen) atoms. The maximum Gasteiger partial charge on any atom is 0.256 e. The minimum atomic E-state index is -0.699. The van der Waals surface area contributed by atoms with E-state index >= 15 is 0 Å². The fourth-order valence-corrected chi connectivity index (χ4v) is 1.78. The summed E-state index contributed by atoms with van der Waals surface area (Å²) in [4.78, 5) is 3.60. The molecular weight excluding hydrogens is 243 g/mol. The van der Waals surface area contributed by atoms with Crippen molar-refractivity contribution in [1.82, 2.24) is 4.98 Å². The zero-order chi connectivity index (χ0) is 12.3. The molecule has 1 fully saturated rings. The summed E-state index contributed by atoms with van der Waals surface area (Å²) in [5, 5.41) is 9.04. The Hall–Kier alpha value is -1.32. The van der Waals surface area contributed by atoms with Crippen LogP contribution in [0.2, 0.25) is 0 Å². The molecule has 0 bridgehead atoms. The van der Waals surface area contributed by atoms with E-state index in [9.17, 15) is 4.39 Å². The minimum absolute atomic E-state index is 0.00229. The van der Waals surface area contributed by atoms with E-state index in [1.165, 1.54) is 12.3 Å². The third-order valence-electron chi connectivity index (χ3n) is 2.61. The zero-order valence-corrected chi connectivity index (χ0v) is 10.1. The van der Waals surface area contributed by atoms with Crippen LogP contribution in [0.3, 0.4) is 0 Å². The summed E-state index contributed by atoms with van der Waals surface area (Å²) >= 11 is 0.705. The van der Waals surface area contributed by atoms with E-state index in [1.807, 2.05) is 0 Å². The van der Waals surface area contributed by atoms with E-state index in [0.29, 0.717) is 24.5 Å². The van der Waals surface area contributed by atoms with E-state index < -0.39 is 11.4 Å². The molecule has 1 aliphatic carbocycles. The number of hydrogen-bond acceptors (Lipinski definition) is 5. The van der Waals surface area contributed by atoms with Gasteiger partial charge in [-0.05, 0) is 31.4 Å². The monoisotopic (exact) mass is 254 g/mol. The predicted molar refractivity (Wildman–Crippen MR) is 60.6 cm³/mol. The maximum absolute atomic E-state index is 13.3. The van der Waals surface area contributed by atoms with Crippen LogP contribution in [0.25, 0.3) is 0 Å². The molecule has 1 aromatic heterocycles. The highest BCUT2D eigenvalue weighted by molar-refractivity contribution is 7.90. The molecule has 6 heteroatoms. The fourth-order valence-electron chi connectivity index (χ4n) is 1.45. The minimum Gasteiger partial charge on any atom is -0.395 e. The van der Waals surface area contributed by atoms with Crippen molar-refractivity contribution in [1.29, 1.82) is 5.26 Å². The third-order valence-corrected chi connectivity index (χ3v) is 3.19. The largest absolute Gasteiger partial charge is 0.395 e. The summed E-state index contributed by atoms with van der Waals surface area (Å²) < 4.78 is 23.2. The van der Waals surface area contributed by atoms with Crippen molar-refractivity contribution in [3.05, 3.63) is 23.8 Å². The Labute approximate surface area is 103 Å². The zero-order valence-electron chi connectivity index (χ0n) is 9.27. The number of nitrogens with zero attached hydrogens (tertiary/aromatic N) is 2. The Morgan fingerprint density at radius 3 is 3.00 bits per heavy atom. The Kier molecular flexibility index (Phi) is 3.50. The average Bonchev–Trinajstić information content (AvgIpc) is 3.13. The molecule has 0 spiro atoms. The molecule has 0 aliphatic heterocycles. The second-order valence-electron chi connectivity index (χ2n) is 3.76. The van der Waals surface area contributed by atoms with Gasteiger partial charge in [-0.3, -0.25) is 4.18 Å². The predicted octanol–water partition coefficient (Wildman–Crippen LogP) is 2.75. The maximum atomic E-state index is 13.3. The van der Waals surface area contributed by atoms with Crippen LogP contribution >= 0.6 is 12.3 Å². The average molecular weight is 254 g/mol. The van der Waals surface area contributed by atoms with Gasteiger partial charge in [0.15, 0.2) is 5.75 Å². The van der Waals surface area contributed by atoms with Crippen LogP contribution in [0, 0.1) is 17.3 Å². The lowest BCUT2D eigenvalue weighted by Crippen LogP contribution is -2.04. The van der Waals surface area contributed by atoms with E-state index in [1.54, 1.807) is 6.92 Å². The lowest BCUT2D eigenvalue weighted by molar-refractivity contribution is 0.364. The Balaban J connectivity index is 2.16. The molecule has 0 unspecified atom stereocenters. The fraction of sp³-hybridized carbons (Fsp3) is 0.455. The van der Waals surface area contributed by atoms with Crippen molar-refractivity contribution in [2.45, 2.75) is 25.2 Å². The van der Waals surface area contributed by atoms with Crippen LogP contribution < -0.4 is 4.18 Å². The molecule has 1 heterocycles. The Bertz CT molecular complexity index is 457. The first kappa shape index (κ1) is 12.1. The molecule has 0 aromatic carbocycles. The van der Waals surface area contributed by atoms with Gasteiger partial charge in [-0.2, -0.15) is 9.65 Å². The van der Waals surface area contributed by atoms with Crippen molar-refractivity contribution < 1.29 is 12.8 Å². The Morgan fingerprint density at radius 1 is 1.65 bits per heavy atom. The number of nitriles is 1. The molecule has 1 aliphatic rings. The van der Waals surface area contributed by atoms with Gasteiger partial charge in [0.2, 0.25) is 12.3 Å². The summed E-state index contributed by atoms with van der Waals surface area (Å²) in [5.74, 6) is -0.697. The highest BCUT2D eigenvalue weighted by atomic mass is 32.2. The molecule has 0 N–H and O–H groups in total. The first-order valence-corrected chi connectivity index (χ1v) is 5.92. The van der Waals surface area contributed by atoms with Crippen molar-refractivity contribution in [2.75, 3.05) is 6.61 Å². The van der Waals surface area contributed by atoms with Gasteiger partial charge in [0.25, 0.3) is 5.95 Å². The lowest BCUT2D eigenvalue weighted by atomic mass is 10.00. The van der Waals surface area contributed by atoms with E-state index in [0.717, 1.165) is 12.8 Å². The van der Waals surface area contributed by atoms with Crippen LogP contribution in [-0.4, -0.2) is 11.6 Å². The molecule has 90 valence electrons. The molecule has 1 saturated carbocycles. The van der Waals surface area contributed by atoms with Gasteiger partial charge in [-0.15, -0.1) is 0 Å². The van der Waals surface area contributed by atoms with Gasteiger partial charge in [0.05, 0.1) is 18.1 Å². The SMILES string of the molecule is CCOSOc1cc(C2(C#N)CC2)cnc1F. The van der Waals surface area contributed by atoms with E-state index in [4.69, 9.17) is 13.6 Å². The van der Waals surface area contributed by atoms with Crippen molar-refractivity contribution in [2.24, 2.45) is 0 Å². The lowest BCUT2D eigenvalue weighted by Gasteiger charge is -2.08. The third kappa shape index (κ3) is 2.51. The summed E-state index contributed by atoms with van der Waals surface area (Å²) in [7, 11) is 0. The first-order chi connectivity index (χ1) is 8.22. The normalized spacial score (nSPS) is 16.3. The molecule has 2 rings (SSSR count). The summed E-state index contributed by atoms with van der Waals surface area (Å²) in [6.45, 7) is 2.26. The second kappa shape index (κ2) is 4.90. The summed E-state index contributed by atoms with van der Waals surface area (Å²) in [6, 6.07) is 3.75. The molecule has 0 amide bonds. The molecular formula is C11H11FN2O2S. The van der Waals surface area contributed by atoms with Gasteiger partial charge in [0.1, 0.15) is 0 Å². The van der Waals surface area contributed by atoms with Crippen LogP contribution in [0.5, 0.6) is 5.75 Å². The molecule has 0 radical (unpaired) electrons. The van der Waals surface area contributed by atoms with Crippen molar-refractivity contribution in [3.8, 4) is 11.8 Å². The van der Waals surface area contributed by atoms with Gasteiger partial charge in [-0.1, -0.05) is 0 Å². The van der Waals surface area contributed by atoms with Crippen LogP contribution in [0.15, 0.2) is 12.3 Å². The van der Waals surface area contributed by atoms with Gasteiger partial charge in [0, 0.05) is 6.20 Å². The van der Waals surface area contributed by atoms with Crippen molar-refractivity contribution in [3.63, 3.8) is 0 Å². The smallest absolute Gasteiger partial charge is 0.256 e. The van der Waals surface area contributed by atoms with Crippen LogP contribution in [0.4, 0.5) is 4.39 Å². The number of halogens is 1. The van der Waals surface area contributed by atoms with E-state index in [2.05, 4.69) is 11.1 Å². The first-order valence-electron chi connectivity index (χ1n) is 5.25.